The van der Waals surface area contributed by atoms with Gasteiger partial charge in [-0.05, 0) is 36.1 Å². The molecule has 0 bridgehead atoms. The third kappa shape index (κ3) is 5.76. The molecule has 0 aliphatic rings. The summed E-state index contributed by atoms with van der Waals surface area (Å²) in [5.74, 6) is 0.417. The molecule has 0 spiro atoms. The fourth-order valence-corrected chi connectivity index (χ4v) is 7.14. The van der Waals surface area contributed by atoms with E-state index in [-0.39, 0.29) is 16.7 Å². The minimum atomic E-state index is -3.72. The van der Waals surface area contributed by atoms with E-state index in [1.165, 1.54) is 11.4 Å². The summed E-state index contributed by atoms with van der Waals surface area (Å²) in [5, 5.41) is 14.8. The number of H-pyrrole nitrogens is 1. The van der Waals surface area contributed by atoms with Crippen LogP contribution in [-0.2, 0) is 15.8 Å². The number of sulfonamides is 1. The Kier molecular flexibility index (Phi) is 8.06. The Hall–Kier alpha value is -2.83. The van der Waals surface area contributed by atoms with Gasteiger partial charge in [-0.1, -0.05) is 48.5 Å². The van der Waals surface area contributed by atoms with E-state index in [4.69, 9.17) is 0 Å². The van der Waals surface area contributed by atoms with E-state index in [1.807, 2.05) is 43.3 Å². The highest BCUT2D eigenvalue weighted by Gasteiger charge is 2.27. The number of carbonyl (C=O) groups excluding carboxylic acids is 1. The number of fused-ring (bicyclic) bond motifs is 1. The molecule has 0 aliphatic carbocycles. The lowest BCUT2D eigenvalue weighted by atomic mass is 10.1. The SMILES string of the molecule is CN(c1cccc2cc(C(=O)NCC(C)(CNO)SCc3ccccc3)[nH]c12)S(=O)(=O)c1cccs1. The van der Waals surface area contributed by atoms with E-state index in [0.717, 1.165) is 28.0 Å². The van der Waals surface area contributed by atoms with Crippen LogP contribution in [0.15, 0.2) is 76.3 Å². The molecule has 190 valence electrons. The van der Waals surface area contributed by atoms with E-state index in [2.05, 4.69) is 15.8 Å². The second-order valence-corrected chi connectivity index (χ2v) is 13.3. The molecular weight excluding hydrogens is 517 g/mol. The number of aromatic amines is 1. The maximum Gasteiger partial charge on any atom is 0.273 e. The molecule has 0 saturated carbocycles. The van der Waals surface area contributed by atoms with Crippen LogP contribution >= 0.6 is 23.1 Å². The summed E-state index contributed by atoms with van der Waals surface area (Å²) in [6.07, 6.45) is 0. The summed E-state index contributed by atoms with van der Waals surface area (Å²) >= 11 is 2.79. The standard InChI is InChI=1S/C25H28N4O4S3/c1-25(17-27-31,35-15-18-8-4-3-5-9-18)16-26-24(30)20-14-19-10-6-11-21(23(19)28-20)29(2)36(32,33)22-12-7-13-34-22/h3-14,27-28,31H,15-17H2,1-2H3,(H,26,30). The smallest absolute Gasteiger partial charge is 0.273 e. The predicted molar refractivity (Wildman–Crippen MR) is 146 cm³/mol. The molecule has 2 aromatic heterocycles. The number of benzene rings is 2. The average Bonchev–Trinajstić information content (AvgIpc) is 3.57. The van der Waals surface area contributed by atoms with Crippen LogP contribution in [0.1, 0.15) is 23.0 Å². The summed E-state index contributed by atoms with van der Waals surface area (Å²) in [6.45, 7) is 2.57. The number of hydrogen-bond acceptors (Lipinski definition) is 7. The van der Waals surface area contributed by atoms with Crippen molar-refractivity contribution in [3.8, 4) is 0 Å². The molecule has 1 atom stereocenters. The Bertz CT molecular complexity index is 1420. The summed E-state index contributed by atoms with van der Waals surface area (Å²) in [4.78, 5) is 16.1. The third-order valence-corrected chi connectivity index (χ3v) is 10.4. The van der Waals surface area contributed by atoms with Crippen molar-refractivity contribution in [1.29, 1.82) is 0 Å². The van der Waals surface area contributed by atoms with E-state index in [9.17, 15) is 18.4 Å². The molecule has 4 N–H and O–H groups in total. The maximum absolute atomic E-state index is 13.0. The topological polar surface area (TPSA) is 115 Å². The highest BCUT2D eigenvalue weighted by atomic mass is 32.2. The lowest BCUT2D eigenvalue weighted by Crippen LogP contribution is -2.44. The molecule has 2 aromatic carbocycles. The zero-order valence-corrected chi connectivity index (χ0v) is 22.3. The molecule has 1 amide bonds. The van der Waals surface area contributed by atoms with E-state index < -0.39 is 14.8 Å². The summed E-state index contributed by atoms with van der Waals surface area (Å²) < 4.78 is 27.1. The summed E-state index contributed by atoms with van der Waals surface area (Å²) in [6, 6.07) is 20.3. The van der Waals surface area contributed by atoms with Crippen LogP contribution in [0.5, 0.6) is 0 Å². The number of hydroxylamine groups is 1. The Balaban J connectivity index is 1.50. The Morgan fingerprint density at radius 3 is 2.58 bits per heavy atom. The monoisotopic (exact) mass is 544 g/mol. The normalized spacial score (nSPS) is 13.4. The quantitative estimate of drug-likeness (QED) is 0.207. The molecule has 4 aromatic rings. The van der Waals surface area contributed by atoms with E-state index in [0.29, 0.717) is 23.4 Å². The van der Waals surface area contributed by atoms with Gasteiger partial charge < -0.3 is 15.5 Å². The minimum absolute atomic E-state index is 0.247. The molecule has 8 nitrogen and oxygen atoms in total. The van der Waals surface area contributed by atoms with Crippen LogP contribution < -0.4 is 15.1 Å². The molecule has 0 radical (unpaired) electrons. The van der Waals surface area contributed by atoms with Crippen LogP contribution in [0.25, 0.3) is 10.9 Å². The van der Waals surface area contributed by atoms with Crippen molar-refractivity contribution in [2.45, 2.75) is 21.6 Å². The van der Waals surface area contributed by atoms with Crippen molar-refractivity contribution in [1.82, 2.24) is 15.8 Å². The first-order chi connectivity index (χ1) is 17.2. The number of para-hydroxylation sites is 1. The number of anilines is 1. The van der Waals surface area contributed by atoms with Crippen molar-refractivity contribution >= 4 is 55.6 Å². The first-order valence-corrected chi connectivity index (χ1v) is 14.5. The largest absolute Gasteiger partial charge is 0.349 e. The summed E-state index contributed by atoms with van der Waals surface area (Å²) in [5.41, 5.74) is 4.73. The highest BCUT2D eigenvalue weighted by molar-refractivity contribution is 8.00. The van der Waals surface area contributed by atoms with Crippen LogP contribution in [0.3, 0.4) is 0 Å². The van der Waals surface area contributed by atoms with Crippen LogP contribution in [0, 0.1) is 0 Å². The van der Waals surface area contributed by atoms with Gasteiger partial charge in [-0.15, -0.1) is 23.1 Å². The third-order valence-electron chi connectivity index (χ3n) is 5.83. The van der Waals surface area contributed by atoms with Gasteiger partial charge in [0.05, 0.1) is 11.2 Å². The molecule has 11 heteroatoms. The first kappa shape index (κ1) is 26.2. The fourth-order valence-electron chi connectivity index (χ4n) is 3.73. The second-order valence-electron chi connectivity index (χ2n) is 8.57. The predicted octanol–water partition coefficient (Wildman–Crippen LogP) is 4.46. The van der Waals surface area contributed by atoms with Gasteiger partial charge in [0.2, 0.25) is 0 Å². The average molecular weight is 545 g/mol. The van der Waals surface area contributed by atoms with Crippen molar-refractivity contribution in [3.05, 3.63) is 83.4 Å². The Labute approximate surface area is 218 Å². The van der Waals surface area contributed by atoms with E-state index in [1.54, 1.807) is 47.5 Å². The van der Waals surface area contributed by atoms with Gasteiger partial charge in [0.15, 0.2) is 0 Å². The number of hydrogen-bond donors (Lipinski definition) is 4. The molecular formula is C25H28N4O4S3. The molecule has 4 rings (SSSR count). The molecule has 0 aliphatic heterocycles. The van der Waals surface area contributed by atoms with Crippen LogP contribution in [-0.4, -0.2) is 49.4 Å². The van der Waals surface area contributed by atoms with Crippen molar-refractivity contribution in [3.63, 3.8) is 0 Å². The number of nitrogens with one attached hydrogen (secondary N) is 3. The summed E-state index contributed by atoms with van der Waals surface area (Å²) in [7, 11) is -2.22. The molecule has 1 unspecified atom stereocenters. The van der Waals surface area contributed by atoms with Gasteiger partial charge >= 0.3 is 0 Å². The van der Waals surface area contributed by atoms with Gasteiger partial charge in [0.1, 0.15) is 9.90 Å². The van der Waals surface area contributed by atoms with Gasteiger partial charge in [-0.3, -0.25) is 9.10 Å². The zero-order valence-electron chi connectivity index (χ0n) is 19.9. The number of amides is 1. The number of thioether (sulfide) groups is 1. The number of carbonyl (C=O) groups is 1. The maximum atomic E-state index is 13.0. The van der Waals surface area contributed by atoms with Crippen LogP contribution in [0.2, 0.25) is 0 Å². The van der Waals surface area contributed by atoms with Crippen LogP contribution in [0.4, 0.5) is 5.69 Å². The molecule has 36 heavy (non-hydrogen) atoms. The first-order valence-electron chi connectivity index (χ1n) is 11.2. The second kappa shape index (κ2) is 11.1. The van der Waals surface area contributed by atoms with Crippen molar-refractivity contribution in [2.24, 2.45) is 0 Å². The molecule has 0 fully saturated rings. The fraction of sp³-hybridized carbons (Fsp3) is 0.240. The van der Waals surface area contributed by atoms with Gasteiger partial charge in [-0.2, -0.15) is 0 Å². The van der Waals surface area contributed by atoms with Crippen molar-refractivity contribution < 1.29 is 18.4 Å². The molecule has 2 heterocycles. The van der Waals surface area contributed by atoms with E-state index >= 15 is 0 Å². The molecule has 0 saturated heterocycles. The lowest BCUT2D eigenvalue weighted by molar-refractivity contribution is 0.0940. The van der Waals surface area contributed by atoms with Gasteiger partial charge in [-0.25, -0.2) is 13.9 Å². The number of nitrogens with zero attached hydrogens (tertiary/aromatic N) is 1. The lowest BCUT2D eigenvalue weighted by Gasteiger charge is -2.28. The number of aromatic nitrogens is 1. The highest BCUT2D eigenvalue weighted by Crippen LogP contribution is 2.32. The number of rotatable bonds is 11. The minimum Gasteiger partial charge on any atom is -0.349 e. The Morgan fingerprint density at radius 1 is 1.11 bits per heavy atom. The zero-order chi connectivity index (χ0) is 25.8. The van der Waals surface area contributed by atoms with Crippen molar-refractivity contribution in [2.75, 3.05) is 24.4 Å². The van der Waals surface area contributed by atoms with Gasteiger partial charge in [0.25, 0.3) is 15.9 Å². The Morgan fingerprint density at radius 2 is 1.89 bits per heavy atom. The number of thiophene rings is 1. The van der Waals surface area contributed by atoms with Gasteiger partial charge in [0, 0.05) is 36.0 Å².